The molecule has 0 aromatic carbocycles. The van der Waals surface area contributed by atoms with Gasteiger partial charge in [-0.1, -0.05) is 13.8 Å². The summed E-state index contributed by atoms with van der Waals surface area (Å²) in [6.07, 6.45) is 6.37. The summed E-state index contributed by atoms with van der Waals surface area (Å²) < 4.78 is 12.2. The van der Waals surface area contributed by atoms with E-state index in [1.54, 1.807) is 0 Å². The number of rotatable bonds is 8. The molecule has 0 radical (unpaired) electrons. The molecule has 8 rings (SSSR count). The van der Waals surface area contributed by atoms with Crippen molar-refractivity contribution < 1.29 is 19.1 Å². The molecule has 264 valence electrons. The van der Waals surface area contributed by atoms with Gasteiger partial charge in [0, 0.05) is 37.0 Å². The second-order valence-electron chi connectivity index (χ2n) is 15.7. The summed E-state index contributed by atoms with van der Waals surface area (Å²) in [5, 5.41) is 23.7. The van der Waals surface area contributed by atoms with E-state index in [1.807, 2.05) is 26.0 Å². The normalized spacial score (nSPS) is 28.4. The van der Waals surface area contributed by atoms with E-state index >= 15 is 0 Å². The average molecular weight is 681 g/mol. The van der Waals surface area contributed by atoms with Gasteiger partial charge >= 0.3 is 0 Å². The summed E-state index contributed by atoms with van der Waals surface area (Å²) in [5.41, 5.74) is 5.39. The number of nitrogens with one attached hydrogen (secondary N) is 2. The quantitative estimate of drug-likeness (QED) is 0.411. The van der Waals surface area contributed by atoms with Crippen LogP contribution < -0.4 is 20.4 Å². The second-order valence-corrected chi connectivity index (χ2v) is 15.7. The van der Waals surface area contributed by atoms with Crippen LogP contribution in [-0.4, -0.2) is 73.4 Å². The molecule has 12 nitrogen and oxygen atoms in total. The molecular weight excluding hydrogens is 632 g/mol. The minimum absolute atomic E-state index is 0.0199. The fourth-order valence-corrected chi connectivity index (χ4v) is 7.72. The Morgan fingerprint density at radius 2 is 1.12 bits per heavy atom. The largest absolute Gasteiger partial charge is 0.377 e. The number of aryl methyl sites for hydroxylation is 2. The number of aromatic nitrogens is 2. The van der Waals surface area contributed by atoms with Gasteiger partial charge in [0.1, 0.15) is 11.6 Å². The number of nitriles is 2. The molecule has 2 N–H and O–H groups in total. The van der Waals surface area contributed by atoms with Gasteiger partial charge in [0.2, 0.25) is 0 Å². The van der Waals surface area contributed by atoms with Gasteiger partial charge in [0.05, 0.1) is 85.0 Å². The van der Waals surface area contributed by atoms with Crippen LogP contribution >= 0.6 is 0 Å². The molecule has 4 atom stereocenters. The van der Waals surface area contributed by atoms with E-state index in [2.05, 4.69) is 46.4 Å². The zero-order valence-corrected chi connectivity index (χ0v) is 29.7. The first kappa shape index (κ1) is 34.2. The Kier molecular flexibility index (Phi) is 9.21. The molecule has 2 unspecified atom stereocenters. The van der Waals surface area contributed by atoms with Gasteiger partial charge < -0.3 is 29.9 Å². The first-order chi connectivity index (χ1) is 24.0. The van der Waals surface area contributed by atoms with Crippen molar-refractivity contribution in [3.8, 4) is 12.1 Å². The molecule has 2 aromatic rings. The summed E-state index contributed by atoms with van der Waals surface area (Å²) in [5.74, 6) is 2.28. The van der Waals surface area contributed by atoms with Crippen molar-refractivity contribution in [3.63, 3.8) is 0 Å². The Labute approximate surface area is 294 Å². The Morgan fingerprint density at radius 3 is 1.46 bits per heavy atom. The van der Waals surface area contributed by atoms with Crippen LogP contribution in [0.3, 0.4) is 0 Å². The van der Waals surface area contributed by atoms with Crippen LogP contribution in [0.2, 0.25) is 0 Å². The SMILES string of the molecule is Cc1cc2c(nc1N1CCC(OCC3(C)C[C@@H]3C#N)CC1)CNC2=O.Cc1cc2c(nc1N1CCC(OCC3(C)C[C@H]3C#N)CC1)CNC2=O. The number of pyridine rings is 2. The van der Waals surface area contributed by atoms with E-state index in [9.17, 15) is 9.59 Å². The van der Waals surface area contributed by atoms with Crippen LogP contribution in [0, 0.1) is 59.2 Å². The van der Waals surface area contributed by atoms with E-state index in [1.165, 1.54) is 0 Å². The molecule has 0 spiro atoms. The first-order valence-electron chi connectivity index (χ1n) is 18.1. The predicted octanol–water partition coefficient (Wildman–Crippen LogP) is 4.34. The highest BCUT2D eigenvalue weighted by atomic mass is 16.5. The summed E-state index contributed by atoms with van der Waals surface area (Å²) in [6, 6.07) is 8.61. The first-order valence-corrected chi connectivity index (χ1v) is 18.1. The van der Waals surface area contributed by atoms with Gasteiger partial charge in [0.25, 0.3) is 11.8 Å². The summed E-state index contributed by atoms with van der Waals surface area (Å²) in [6.45, 7) is 14.4. The van der Waals surface area contributed by atoms with Crippen molar-refractivity contribution in [1.29, 1.82) is 10.5 Å². The van der Waals surface area contributed by atoms with Crippen LogP contribution in [-0.2, 0) is 22.6 Å². The predicted molar refractivity (Wildman–Crippen MR) is 186 cm³/mol. The van der Waals surface area contributed by atoms with Crippen molar-refractivity contribution in [2.24, 2.45) is 22.7 Å². The molecule has 4 aliphatic heterocycles. The average Bonchev–Trinajstić information content (AvgIpc) is 3.89. The van der Waals surface area contributed by atoms with Crippen molar-refractivity contribution in [2.75, 3.05) is 49.2 Å². The Morgan fingerprint density at radius 1 is 0.740 bits per heavy atom. The monoisotopic (exact) mass is 680 g/mol. The van der Waals surface area contributed by atoms with Crippen molar-refractivity contribution in [3.05, 3.63) is 45.8 Å². The van der Waals surface area contributed by atoms with Gasteiger partial charge in [-0.25, -0.2) is 9.97 Å². The highest BCUT2D eigenvalue weighted by Crippen LogP contribution is 2.52. The van der Waals surface area contributed by atoms with E-state index in [-0.39, 0.29) is 46.7 Å². The lowest BCUT2D eigenvalue weighted by molar-refractivity contribution is 0.0106. The van der Waals surface area contributed by atoms with Gasteiger partial charge in [-0.3, -0.25) is 9.59 Å². The number of carbonyl (C=O) groups excluding carboxylic acids is 2. The van der Waals surface area contributed by atoms with Gasteiger partial charge in [-0.2, -0.15) is 10.5 Å². The maximum absolute atomic E-state index is 11.7. The van der Waals surface area contributed by atoms with Gasteiger partial charge in [-0.05, 0) is 75.6 Å². The molecule has 6 heterocycles. The fraction of sp³-hybridized carbons (Fsp3) is 0.632. The third kappa shape index (κ3) is 6.88. The highest BCUT2D eigenvalue weighted by molar-refractivity contribution is 5.98. The van der Waals surface area contributed by atoms with E-state index in [0.717, 1.165) is 98.9 Å². The molecule has 2 saturated heterocycles. The van der Waals surface area contributed by atoms with E-state index in [0.29, 0.717) is 37.4 Å². The number of hydrogen-bond acceptors (Lipinski definition) is 10. The number of amides is 2. The zero-order chi connectivity index (χ0) is 35.2. The molecule has 0 bridgehead atoms. The number of ether oxygens (including phenoxy) is 2. The smallest absolute Gasteiger partial charge is 0.253 e. The number of nitrogens with zero attached hydrogens (tertiary/aromatic N) is 6. The lowest BCUT2D eigenvalue weighted by Crippen LogP contribution is -2.38. The van der Waals surface area contributed by atoms with Crippen molar-refractivity contribution >= 4 is 23.5 Å². The zero-order valence-electron chi connectivity index (χ0n) is 29.7. The second kappa shape index (κ2) is 13.5. The molecule has 50 heavy (non-hydrogen) atoms. The molecule has 12 heteroatoms. The van der Waals surface area contributed by atoms with Crippen molar-refractivity contribution in [1.82, 2.24) is 20.6 Å². The number of piperidine rings is 2. The third-order valence-corrected chi connectivity index (χ3v) is 11.6. The van der Waals surface area contributed by atoms with Crippen molar-refractivity contribution in [2.45, 2.75) is 91.5 Å². The molecule has 2 aliphatic carbocycles. The Hall–Kier alpha value is -4.26. The topological polar surface area (TPSA) is 156 Å². The molecule has 2 amide bonds. The summed E-state index contributed by atoms with van der Waals surface area (Å²) in [7, 11) is 0. The van der Waals surface area contributed by atoms with Crippen LogP contribution in [0.4, 0.5) is 11.6 Å². The maximum Gasteiger partial charge on any atom is 0.253 e. The highest BCUT2D eigenvalue weighted by Gasteiger charge is 2.52. The van der Waals surface area contributed by atoms with Crippen LogP contribution in [0.25, 0.3) is 0 Å². The van der Waals surface area contributed by atoms with Gasteiger partial charge in [-0.15, -0.1) is 0 Å². The number of fused-ring (bicyclic) bond motifs is 2. The van der Waals surface area contributed by atoms with E-state index in [4.69, 9.17) is 30.0 Å². The third-order valence-electron chi connectivity index (χ3n) is 11.6. The number of carbonyl (C=O) groups is 2. The molecule has 2 saturated carbocycles. The lowest BCUT2D eigenvalue weighted by atomic mass is 10.0. The molecule has 6 aliphatic rings. The molecule has 4 fully saturated rings. The summed E-state index contributed by atoms with van der Waals surface area (Å²) in [4.78, 5) is 37.6. The van der Waals surface area contributed by atoms with Crippen LogP contribution in [0.5, 0.6) is 0 Å². The van der Waals surface area contributed by atoms with Crippen LogP contribution in [0.1, 0.15) is 95.6 Å². The minimum Gasteiger partial charge on any atom is -0.377 e. The van der Waals surface area contributed by atoms with Gasteiger partial charge in [0.15, 0.2) is 0 Å². The lowest BCUT2D eigenvalue weighted by Gasteiger charge is -2.34. The number of anilines is 2. The van der Waals surface area contributed by atoms with Crippen LogP contribution in [0.15, 0.2) is 12.1 Å². The number of hydrogen-bond donors (Lipinski definition) is 2. The fourth-order valence-electron chi connectivity index (χ4n) is 7.72. The minimum atomic E-state index is -0.0199. The standard InChI is InChI=1S/2C19H24N4O2/c2*1-12-7-15-16(10-21-18(15)24)22-17(12)23-5-3-14(4-6-23)25-11-19(2)8-13(19)9-20/h2*7,13-14H,3-6,8,10-11H2,1-2H3,(H,21,24)/t2*13-,19?/m10/s1. The Balaban J connectivity index is 0.000000157. The maximum atomic E-state index is 11.7. The molecular formula is C38H48N8O4. The van der Waals surface area contributed by atoms with E-state index < -0.39 is 0 Å². The Bertz CT molecular complexity index is 1620. The molecule has 2 aromatic heterocycles. The summed E-state index contributed by atoms with van der Waals surface area (Å²) >= 11 is 0.